The largest absolute Gasteiger partial charge is 0.481 e. The molecule has 1 aromatic carbocycles. The number of hydrogen-bond donors (Lipinski definition) is 4. The van der Waals surface area contributed by atoms with E-state index in [1.807, 2.05) is 0 Å². The fourth-order valence-corrected chi connectivity index (χ4v) is 0.747. The van der Waals surface area contributed by atoms with Crippen molar-refractivity contribution in [2.75, 3.05) is 27.4 Å². The minimum Gasteiger partial charge on any atom is -0.481 e. The van der Waals surface area contributed by atoms with E-state index in [0.717, 1.165) is 0 Å². The van der Waals surface area contributed by atoms with Crippen LogP contribution in [0.2, 0.25) is 0 Å². The van der Waals surface area contributed by atoms with E-state index in [-0.39, 0.29) is 18.7 Å². The Morgan fingerprint density at radius 1 is 0.955 bits per heavy atom. The normalized spacial score (nSPS) is 7.77. The quantitative estimate of drug-likeness (QED) is 0.601. The zero-order valence-electron chi connectivity index (χ0n) is 13.4. The van der Waals surface area contributed by atoms with Gasteiger partial charge in [0.1, 0.15) is 0 Å². The molecule has 8 nitrogen and oxygen atoms in total. The molecule has 0 radical (unpaired) electrons. The average Bonchev–Trinajstić information content (AvgIpc) is 2.47. The van der Waals surface area contributed by atoms with E-state index in [1.54, 1.807) is 51.5 Å². The molecule has 22 heavy (non-hydrogen) atoms. The summed E-state index contributed by atoms with van der Waals surface area (Å²) in [5.41, 5.74) is 0.331. The minimum absolute atomic E-state index is 0. The molecule has 0 aliphatic carbocycles. The number of aromatic carboxylic acids is 1. The Hall–Kier alpha value is -2.00. The summed E-state index contributed by atoms with van der Waals surface area (Å²) < 4.78 is 9.31. The van der Waals surface area contributed by atoms with Gasteiger partial charge in [0.15, 0.2) is 0 Å². The number of rotatable bonds is 5. The van der Waals surface area contributed by atoms with Crippen LogP contribution in [-0.2, 0) is 14.3 Å². The molecular weight excluding hydrogens is 292 g/mol. The summed E-state index contributed by atoms with van der Waals surface area (Å²) in [6, 6.07) is 8.30. The standard InChI is InChI=1S/C7H6O2.C4H10O2.C3H6O2.2H3N/c8-7(9)6-4-2-1-3-5-6;1-5-3-4-6-2;1-2-3(4)5;;/h1-5H,(H,8,9);3-4H2,1-2H3;2H2,1H3,(H,4,5);2*1H3. The molecule has 0 fully saturated rings. The molecule has 0 bridgehead atoms. The van der Waals surface area contributed by atoms with Crippen LogP contribution < -0.4 is 12.3 Å². The molecule has 130 valence electrons. The maximum atomic E-state index is 10.2. The smallest absolute Gasteiger partial charge is 0.335 e. The maximum Gasteiger partial charge on any atom is 0.335 e. The number of carboxylic acid groups (broad SMARTS) is 2. The lowest BCUT2D eigenvalue weighted by Gasteiger charge is -1.91. The average molecular weight is 320 g/mol. The fraction of sp³-hybridized carbons (Fsp3) is 0.429. The number of carboxylic acids is 2. The molecule has 0 aliphatic rings. The van der Waals surface area contributed by atoms with Crippen LogP contribution in [0.5, 0.6) is 0 Å². The van der Waals surface area contributed by atoms with Gasteiger partial charge in [0.25, 0.3) is 0 Å². The number of ether oxygens (including phenoxy) is 2. The van der Waals surface area contributed by atoms with Gasteiger partial charge < -0.3 is 32.0 Å². The topological polar surface area (TPSA) is 163 Å². The molecule has 0 spiro atoms. The van der Waals surface area contributed by atoms with E-state index >= 15 is 0 Å². The molecule has 1 rings (SSSR count). The summed E-state index contributed by atoms with van der Waals surface area (Å²) >= 11 is 0. The zero-order valence-corrected chi connectivity index (χ0v) is 13.4. The molecule has 0 amide bonds. The van der Waals surface area contributed by atoms with E-state index in [1.165, 1.54) is 0 Å². The summed E-state index contributed by atoms with van der Waals surface area (Å²) in [7, 11) is 3.30. The number of methoxy groups -OCH3 is 2. The molecule has 0 saturated heterocycles. The lowest BCUT2D eigenvalue weighted by atomic mass is 10.2. The van der Waals surface area contributed by atoms with Crippen LogP contribution in [0.3, 0.4) is 0 Å². The molecule has 1 aromatic rings. The van der Waals surface area contributed by atoms with E-state index < -0.39 is 11.9 Å². The minimum atomic E-state index is -0.879. The fourth-order valence-electron chi connectivity index (χ4n) is 0.747. The Morgan fingerprint density at radius 3 is 1.50 bits per heavy atom. The number of aliphatic carboxylic acids is 1. The van der Waals surface area contributed by atoms with Crippen molar-refractivity contribution in [3.63, 3.8) is 0 Å². The van der Waals surface area contributed by atoms with Crippen molar-refractivity contribution >= 4 is 11.9 Å². The Balaban J connectivity index is -0.000000112. The van der Waals surface area contributed by atoms with E-state index in [2.05, 4.69) is 9.47 Å². The van der Waals surface area contributed by atoms with Crippen molar-refractivity contribution < 1.29 is 29.3 Å². The Bertz CT molecular complexity index is 356. The van der Waals surface area contributed by atoms with Crippen molar-refractivity contribution in [2.24, 2.45) is 0 Å². The first kappa shape index (κ1) is 28.2. The van der Waals surface area contributed by atoms with Gasteiger partial charge in [-0.15, -0.1) is 0 Å². The molecular formula is C14H28N2O6. The first-order chi connectivity index (χ1) is 9.49. The van der Waals surface area contributed by atoms with Gasteiger partial charge >= 0.3 is 11.9 Å². The molecule has 8 N–H and O–H groups in total. The van der Waals surface area contributed by atoms with Crippen LogP contribution >= 0.6 is 0 Å². The summed E-state index contributed by atoms with van der Waals surface area (Å²) in [5.74, 6) is -1.62. The lowest BCUT2D eigenvalue weighted by molar-refractivity contribution is -0.136. The molecule has 0 aromatic heterocycles. The van der Waals surface area contributed by atoms with Crippen molar-refractivity contribution in [3.05, 3.63) is 35.9 Å². The molecule has 0 atom stereocenters. The maximum absolute atomic E-state index is 10.2. The van der Waals surface area contributed by atoms with Crippen LogP contribution in [0.15, 0.2) is 30.3 Å². The van der Waals surface area contributed by atoms with Crippen molar-refractivity contribution in [2.45, 2.75) is 13.3 Å². The van der Waals surface area contributed by atoms with Gasteiger partial charge in [-0.25, -0.2) is 4.79 Å². The summed E-state index contributed by atoms with van der Waals surface area (Å²) in [6.07, 6.45) is 0.222. The first-order valence-corrected chi connectivity index (χ1v) is 5.97. The number of benzene rings is 1. The predicted octanol–water partition coefficient (Wildman–Crippen LogP) is 2.47. The van der Waals surface area contributed by atoms with Crippen molar-refractivity contribution in [3.8, 4) is 0 Å². The van der Waals surface area contributed by atoms with Gasteiger partial charge in [0.05, 0.1) is 18.8 Å². The van der Waals surface area contributed by atoms with Crippen molar-refractivity contribution in [1.29, 1.82) is 0 Å². The zero-order chi connectivity index (χ0) is 15.8. The first-order valence-electron chi connectivity index (χ1n) is 5.97. The van der Waals surface area contributed by atoms with E-state index in [4.69, 9.17) is 10.2 Å². The highest BCUT2D eigenvalue weighted by Crippen LogP contribution is 1.96. The molecule has 0 heterocycles. The predicted molar refractivity (Wildman–Crippen MR) is 85.1 cm³/mol. The van der Waals surface area contributed by atoms with Gasteiger partial charge in [-0.05, 0) is 12.1 Å². The second-order valence-electron chi connectivity index (χ2n) is 3.40. The van der Waals surface area contributed by atoms with Gasteiger partial charge in [0, 0.05) is 20.6 Å². The summed E-state index contributed by atoms with van der Waals surface area (Å²) in [5, 5.41) is 16.1. The van der Waals surface area contributed by atoms with E-state index in [9.17, 15) is 9.59 Å². The highest BCUT2D eigenvalue weighted by Gasteiger charge is 1.96. The van der Waals surface area contributed by atoms with Gasteiger partial charge in [-0.1, -0.05) is 25.1 Å². The van der Waals surface area contributed by atoms with E-state index in [0.29, 0.717) is 18.8 Å². The Labute approximate surface area is 131 Å². The van der Waals surface area contributed by atoms with Crippen LogP contribution in [-0.4, -0.2) is 49.6 Å². The second kappa shape index (κ2) is 21.3. The lowest BCUT2D eigenvalue weighted by Crippen LogP contribution is -1.96. The third-order valence-corrected chi connectivity index (χ3v) is 1.81. The monoisotopic (exact) mass is 320 g/mol. The highest BCUT2D eigenvalue weighted by atomic mass is 16.5. The summed E-state index contributed by atoms with van der Waals surface area (Å²) in [4.78, 5) is 19.6. The molecule has 0 unspecified atom stereocenters. The van der Waals surface area contributed by atoms with Crippen LogP contribution in [0, 0.1) is 0 Å². The van der Waals surface area contributed by atoms with Gasteiger partial charge in [-0.3, -0.25) is 4.79 Å². The van der Waals surface area contributed by atoms with Crippen LogP contribution in [0.25, 0.3) is 0 Å². The van der Waals surface area contributed by atoms with Crippen molar-refractivity contribution in [1.82, 2.24) is 12.3 Å². The van der Waals surface area contributed by atoms with Crippen LogP contribution in [0.4, 0.5) is 0 Å². The second-order valence-corrected chi connectivity index (χ2v) is 3.40. The molecule has 8 heteroatoms. The molecule has 0 saturated carbocycles. The number of hydrogen-bond acceptors (Lipinski definition) is 6. The molecule has 0 aliphatic heterocycles. The summed E-state index contributed by atoms with van der Waals surface area (Å²) in [6.45, 7) is 2.98. The Kier molecular flexibility index (Phi) is 27.3. The number of carbonyl (C=O) groups is 2. The SMILES string of the molecule is CCC(=O)O.COCCOC.N.N.O=C(O)c1ccccc1. The Morgan fingerprint density at radius 2 is 1.32 bits per heavy atom. The van der Waals surface area contributed by atoms with Gasteiger partial charge in [0.2, 0.25) is 0 Å². The van der Waals surface area contributed by atoms with Crippen LogP contribution in [0.1, 0.15) is 23.7 Å². The third-order valence-electron chi connectivity index (χ3n) is 1.81. The highest BCUT2D eigenvalue weighted by molar-refractivity contribution is 5.87. The third kappa shape index (κ3) is 23.1. The van der Waals surface area contributed by atoms with Gasteiger partial charge in [-0.2, -0.15) is 0 Å².